The Morgan fingerprint density at radius 2 is 1.82 bits per heavy atom. The van der Waals surface area contributed by atoms with E-state index in [9.17, 15) is 0 Å². The van der Waals surface area contributed by atoms with Crippen molar-refractivity contribution >= 4 is 11.6 Å². The first kappa shape index (κ1) is 14.5. The molecule has 2 heteroatoms. The van der Waals surface area contributed by atoms with Gasteiger partial charge in [0.15, 0.2) is 0 Å². The third kappa shape index (κ3) is 6.09. The van der Waals surface area contributed by atoms with E-state index in [1.165, 1.54) is 18.4 Å². The molecular weight excluding hydrogens is 230 g/mol. The van der Waals surface area contributed by atoms with Crippen molar-refractivity contribution in [3.63, 3.8) is 0 Å². The van der Waals surface area contributed by atoms with Crippen molar-refractivity contribution in [2.45, 2.75) is 46.1 Å². The average Bonchev–Trinajstić information content (AvgIpc) is 2.28. The van der Waals surface area contributed by atoms with E-state index in [4.69, 9.17) is 11.6 Å². The van der Waals surface area contributed by atoms with Crippen LogP contribution in [0.5, 0.6) is 0 Å². The normalized spacial score (nSPS) is 13.0. The summed E-state index contributed by atoms with van der Waals surface area (Å²) in [6, 6.07) is 8.79. The maximum absolute atomic E-state index is 5.90. The summed E-state index contributed by atoms with van der Waals surface area (Å²) in [5, 5.41) is 4.45. The fraction of sp³-hybridized carbons (Fsp3) is 0.600. The predicted octanol–water partition coefficient (Wildman–Crippen LogP) is 4.30. The van der Waals surface area contributed by atoms with Gasteiger partial charge in [-0.05, 0) is 49.4 Å². The Labute approximate surface area is 111 Å². The SMILES string of the molecule is CCCNC(Cc1ccc(Cl)cc1)CC(C)C. The van der Waals surface area contributed by atoms with Gasteiger partial charge < -0.3 is 5.32 Å². The standard InChI is InChI=1S/C15H24ClN/c1-4-9-17-15(10-12(2)3)11-13-5-7-14(16)8-6-13/h5-8,12,15,17H,4,9-11H2,1-3H3. The number of rotatable bonds is 7. The van der Waals surface area contributed by atoms with Crippen LogP contribution in [0.15, 0.2) is 24.3 Å². The summed E-state index contributed by atoms with van der Waals surface area (Å²) >= 11 is 5.90. The minimum Gasteiger partial charge on any atom is -0.314 e. The minimum atomic E-state index is 0.580. The van der Waals surface area contributed by atoms with Crippen LogP contribution in [0.3, 0.4) is 0 Å². The summed E-state index contributed by atoms with van der Waals surface area (Å²) in [6.45, 7) is 7.87. The van der Waals surface area contributed by atoms with Gasteiger partial charge in [-0.15, -0.1) is 0 Å². The molecule has 1 unspecified atom stereocenters. The monoisotopic (exact) mass is 253 g/mol. The second-order valence-corrected chi connectivity index (χ2v) is 5.55. The molecule has 1 aromatic rings. The molecule has 0 aliphatic heterocycles. The molecule has 0 radical (unpaired) electrons. The van der Waals surface area contributed by atoms with Gasteiger partial charge in [-0.3, -0.25) is 0 Å². The summed E-state index contributed by atoms with van der Waals surface area (Å²) in [6.07, 6.45) is 3.51. The molecule has 1 nitrogen and oxygen atoms in total. The Bertz CT molecular complexity index is 305. The molecule has 0 fully saturated rings. The highest BCUT2D eigenvalue weighted by Gasteiger charge is 2.10. The topological polar surface area (TPSA) is 12.0 Å². The highest BCUT2D eigenvalue weighted by molar-refractivity contribution is 6.30. The maximum Gasteiger partial charge on any atom is 0.0406 e. The predicted molar refractivity (Wildman–Crippen MR) is 76.7 cm³/mol. The lowest BCUT2D eigenvalue weighted by Gasteiger charge is -2.20. The first-order chi connectivity index (χ1) is 8.11. The second-order valence-electron chi connectivity index (χ2n) is 5.11. The highest BCUT2D eigenvalue weighted by Crippen LogP contribution is 2.14. The zero-order valence-electron chi connectivity index (χ0n) is 11.2. The Morgan fingerprint density at radius 3 is 2.35 bits per heavy atom. The number of benzene rings is 1. The third-order valence-electron chi connectivity index (χ3n) is 2.83. The highest BCUT2D eigenvalue weighted by atomic mass is 35.5. The molecule has 17 heavy (non-hydrogen) atoms. The number of halogens is 1. The van der Waals surface area contributed by atoms with Gasteiger partial charge in [0.2, 0.25) is 0 Å². The molecule has 0 aliphatic carbocycles. The van der Waals surface area contributed by atoms with Crippen molar-refractivity contribution in [2.24, 2.45) is 5.92 Å². The first-order valence-electron chi connectivity index (χ1n) is 6.59. The smallest absolute Gasteiger partial charge is 0.0406 e. The van der Waals surface area contributed by atoms with E-state index in [0.29, 0.717) is 6.04 Å². The zero-order chi connectivity index (χ0) is 12.7. The van der Waals surface area contributed by atoms with Gasteiger partial charge in [0, 0.05) is 11.1 Å². The molecule has 0 saturated heterocycles. The van der Waals surface area contributed by atoms with E-state index in [1.54, 1.807) is 0 Å². The Morgan fingerprint density at radius 1 is 1.18 bits per heavy atom. The van der Waals surface area contributed by atoms with E-state index in [1.807, 2.05) is 12.1 Å². The van der Waals surface area contributed by atoms with Crippen molar-refractivity contribution in [1.82, 2.24) is 5.32 Å². The van der Waals surface area contributed by atoms with Crippen LogP contribution in [-0.2, 0) is 6.42 Å². The summed E-state index contributed by atoms with van der Waals surface area (Å²) < 4.78 is 0. The molecular formula is C15H24ClN. The molecule has 1 rings (SSSR count). The van der Waals surface area contributed by atoms with Crippen LogP contribution in [0.4, 0.5) is 0 Å². The van der Waals surface area contributed by atoms with Crippen molar-refractivity contribution in [3.05, 3.63) is 34.9 Å². The summed E-state index contributed by atoms with van der Waals surface area (Å²) in [4.78, 5) is 0. The Kier molecular flexibility index (Phi) is 6.61. The maximum atomic E-state index is 5.90. The van der Waals surface area contributed by atoms with Gasteiger partial charge in [-0.2, -0.15) is 0 Å². The molecule has 0 amide bonds. The van der Waals surface area contributed by atoms with Crippen LogP contribution >= 0.6 is 11.6 Å². The quantitative estimate of drug-likeness (QED) is 0.764. The largest absolute Gasteiger partial charge is 0.314 e. The van der Waals surface area contributed by atoms with E-state index in [0.717, 1.165) is 23.9 Å². The lowest BCUT2D eigenvalue weighted by Crippen LogP contribution is -2.33. The van der Waals surface area contributed by atoms with Crippen molar-refractivity contribution < 1.29 is 0 Å². The molecule has 0 spiro atoms. The van der Waals surface area contributed by atoms with Gasteiger partial charge in [0.25, 0.3) is 0 Å². The van der Waals surface area contributed by atoms with Crippen LogP contribution in [-0.4, -0.2) is 12.6 Å². The van der Waals surface area contributed by atoms with Crippen LogP contribution in [0.2, 0.25) is 5.02 Å². The number of hydrogen-bond donors (Lipinski definition) is 1. The fourth-order valence-corrected chi connectivity index (χ4v) is 2.19. The molecule has 1 atom stereocenters. The molecule has 0 bridgehead atoms. The van der Waals surface area contributed by atoms with Crippen LogP contribution < -0.4 is 5.32 Å². The van der Waals surface area contributed by atoms with Gasteiger partial charge >= 0.3 is 0 Å². The van der Waals surface area contributed by atoms with E-state index >= 15 is 0 Å². The number of hydrogen-bond acceptors (Lipinski definition) is 1. The Hall–Kier alpha value is -0.530. The number of nitrogens with one attached hydrogen (secondary N) is 1. The molecule has 0 aromatic heterocycles. The summed E-state index contributed by atoms with van der Waals surface area (Å²) in [5.41, 5.74) is 1.36. The van der Waals surface area contributed by atoms with Gasteiger partial charge in [0.05, 0.1) is 0 Å². The van der Waals surface area contributed by atoms with E-state index < -0.39 is 0 Å². The van der Waals surface area contributed by atoms with E-state index in [-0.39, 0.29) is 0 Å². The minimum absolute atomic E-state index is 0.580. The van der Waals surface area contributed by atoms with E-state index in [2.05, 4.69) is 38.2 Å². The fourth-order valence-electron chi connectivity index (χ4n) is 2.06. The third-order valence-corrected chi connectivity index (χ3v) is 3.09. The molecule has 1 aromatic carbocycles. The summed E-state index contributed by atoms with van der Waals surface area (Å²) in [5.74, 6) is 0.733. The molecule has 0 aliphatic rings. The lowest BCUT2D eigenvalue weighted by molar-refractivity contribution is 0.416. The van der Waals surface area contributed by atoms with Gasteiger partial charge in [-0.1, -0.05) is 44.5 Å². The first-order valence-corrected chi connectivity index (χ1v) is 6.97. The molecule has 0 saturated carbocycles. The lowest BCUT2D eigenvalue weighted by atomic mass is 9.97. The van der Waals surface area contributed by atoms with Crippen molar-refractivity contribution in [3.8, 4) is 0 Å². The summed E-state index contributed by atoms with van der Waals surface area (Å²) in [7, 11) is 0. The van der Waals surface area contributed by atoms with Gasteiger partial charge in [-0.25, -0.2) is 0 Å². The van der Waals surface area contributed by atoms with Crippen LogP contribution in [0.1, 0.15) is 39.2 Å². The zero-order valence-corrected chi connectivity index (χ0v) is 11.9. The van der Waals surface area contributed by atoms with Crippen LogP contribution in [0.25, 0.3) is 0 Å². The van der Waals surface area contributed by atoms with Crippen molar-refractivity contribution in [1.29, 1.82) is 0 Å². The molecule has 96 valence electrons. The molecule has 0 heterocycles. The Balaban J connectivity index is 2.54. The molecule has 1 N–H and O–H groups in total. The average molecular weight is 254 g/mol. The second kappa shape index (κ2) is 7.73. The van der Waals surface area contributed by atoms with Gasteiger partial charge in [0.1, 0.15) is 0 Å². The van der Waals surface area contributed by atoms with Crippen molar-refractivity contribution in [2.75, 3.05) is 6.54 Å². The van der Waals surface area contributed by atoms with Crippen LogP contribution in [0, 0.1) is 5.92 Å².